The molecule has 1 aromatic heterocycles. The van der Waals surface area contributed by atoms with E-state index in [0.29, 0.717) is 22.6 Å². The van der Waals surface area contributed by atoms with Gasteiger partial charge in [-0.3, -0.25) is 14.9 Å². The molecule has 156 valence electrons. The Labute approximate surface area is 172 Å². The van der Waals surface area contributed by atoms with Crippen LogP contribution < -0.4 is 4.74 Å². The molecule has 0 saturated heterocycles. The maximum Gasteiger partial charge on any atom is 0.302 e. The number of aryl methyl sites for hydroxylation is 2. The highest BCUT2D eigenvalue weighted by molar-refractivity contribution is 5.96. The first-order chi connectivity index (χ1) is 14.2. The smallest absolute Gasteiger partial charge is 0.302 e. The summed E-state index contributed by atoms with van der Waals surface area (Å²) in [5, 5.41) is 29.1. The number of rotatable bonds is 6. The highest BCUT2D eigenvalue weighted by atomic mass is 16.6. The third kappa shape index (κ3) is 4.14. The van der Waals surface area contributed by atoms with Crippen LogP contribution in [0.1, 0.15) is 30.9 Å². The van der Waals surface area contributed by atoms with Crippen LogP contribution >= 0.6 is 0 Å². The molecular weight excluding hydrogens is 388 g/mol. The molecule has 1 N–H and O–H groups in total. The van der Waals surface area contributed by atoms with Gasteiger partial charge in [0.05, 0.1) is 10.4 Å². The van der Waals surface area contributed by atoms with Crippen LogP contribution in [0.2, 0.25) is 0 Å². The molecule has 0 radical (unpaired) electrons. The van der Waals surface area contributed by atoms with Gasteiger partial charge in [0.15, 0.2) is 12.3 Å². The van der Waals surface area contributed by atoms with E-state index in [1.165, 1.54) is 22.8 Å². The first-order valence-corrected chi connectivity index (χ1v) is 9.32. The quantitative estimate of drug-likeness (QED) is 0.352. The number of carbonyl (C=O) groups is 1. The normalized spacial score (nSPS) is 11.5. The Balaban J connectivity index is 1.81. The first kappa shape index (κ1) is 21.0. The van der Waals surface area contributed by atoms with Crippen LogP contribution in [0.3, 0.4) is 0 Å². The second-order valence-electron chi connectivity index (χ2n) is 7.25. The minimum absolute atomic E-state index is 0.0115. The standard InChI is InChI=1S/C21H22N4O5/c1-12(2)14-6-5-13(3)18(9-14)30-11-19(26)22-23-20-16-10-15(25(28)29)7-8-17(16)24(4)21(20)27/h5-10,12,27H,11H2,1-4H3. The topological polar surface area (TPSA) is 119 Å². The van der Waals surface area contributed by atoms with Gasteiger partial charge < -0.3 is 14.4 Å². The average molecular weight is 410 g/mol. The molecule has 9 nitrogen and oxygen atoms in total. The minimum Gasteiger partial charge on any atom is -0.493 e. The Bertz CT molecular complexity index is 1160. The van der Waals surface area contributed by atoms with E-state index in [4.69, 9.17) is 4.74 Å². The lowest BCUT2D eigenvalue weighted by Crippen LogP contribution is -2.09. The van der Waals surface area contributed by atoms with Crippen LogP contribution in [-0.4, -0.2) is 27.1 Å². The van der Waals surface area contributed by atoms with Crippen molar-refractivity contribution in [3.8, 4) is 11.6 Å². The molecule has 9 heteroatoms. The fraction of sp³-hybridized carbons (Fsp3) is 0.286. The Kier molecular flexibility index (Phi) is 5.81. The van der Waals surface area contributed by atoms with Crippen molar-refractivity contribution in [2.45, 2.75) is 26.7 Å². The second kappa shape index (κ2) is 8.32. The second-order valence-corrected chi connectivity index (χ2v) is 7.25. The van der Waals surface area contributed by atoms with Crippen LogP contribution in [-0.2, 0) is 11.8 Å². The Hall–Kier alpha value is -3.75. The van der Waals surface area contributed by atoms with Crippen molar-refractivity contribution in [3.05, 3.63) is 57.6 Å². The van der Waals surface area contributed by atoms with Gasteiger partial charge in [0.25, 0.3) is 5.69 Å². The maximum atomic E-state index is 12.2. The van der Waals surface area contributed by atoms with E-state index < -0.39 is 10.8 Å². The van der Waals surface area contributed by atoms with Crippen LogP contribution in [0.4, 0.5) is 11.4 Å². The summed E-state index contributed by atoms with van der Waals surface area (Å²) in [6, 6.07) is 9.94. The number of fused-ring (bicyclic) bond motifs is 1. The van der Waals surface area contributed by atoms with Crippen molar-refractivity contribution in [2.75, 3.05) is 6.61 Å². The zero-order valence-electron chi connectivity index (χ0n) is 17.1. The molecule has 0 bridgehead atoms. The van der Waals surface area contributed by atoms with Crippen molar-refractivity contribution in [1.82, 2.24) is 4.57 Å². The van der Waals surface area contributed by atoms with E-state index in [9.17, 15) is 20.0 Å². The molecule has 0 spiro atoms. The van der Waals surface area contributed by atoms with Gasteiger partial charge >= 0.3 is 5.91 Å². The number of ether oxygens (including phenoxy) is 1. The predicted molar refractivity (Wildman–Crippen MR) is 112 cm³/mol. The number of amides is 1. The zero-order valence-corrected chi connectivity index (χ0v) is 17.1. The predicted octanol–water partition coefficient (Wildman–Crippen LogP) is 4.91. The van der Waals surface area contributed by atoms with Crippen molar-refractivity contribution in [2.24, 2.45) is 17.3 Å². The average Bonchev–Trinajstić information content (AvgIpc) is 2.95. The van der Waals surface area contributed by atoms with Crippen LogP contribution in [0.5, 0.6) is 11.6 Å². The molecule has 0 aliphatic rings. The molecule has 0 aliphatic carbocycles. The molecular formula is C21H22N4O5. The third-order valence-corrected chi connectivity index (χ3v) is 4.83. The van der Waals surface area contributed by atoms with Crippen molar-refractivity contribution in [3.63, 3.8) is 0 Å². The van der Waals surface area contributed by atoms with Gasteiger partial charge in [-0.1, -0.05) is 26.0 Å². The van der Waals surface area contributed by atoms with E-state index in [1.54, 1.807) is 7.05 Å². The number of azo groups is 1. The molecule has 0 atom stereocenters. The fourth-order valence-corrected chi connectivity index (χ4v) is 3.02. The van der Waals surface area contributed by atoms with Gasteiger partial charge in [-0.2, -0.15) is 0 Å². The maximum absolute atomic E-state index is 12.2. The number of hydrogen-bond donors (Lipinski definition) is 1. The monoisotopic (exact) mass is 410 g/mol. The van der Waals surface area contributed by atoms with E-state index >= 15 is 0 Å². The number of nitro benzene ring substituents is 1. The summed E-state index contributed by atoms with van der Waals surface area (Å²) >= 11 is 0. The number of aromatic hydroxyl groups is 1. The van der Waals surface area contributed by atoms with Crippen molar-refractivity contribution >= 4 is 28.2 Å². The van der Waals surface area contributed by atoms with Crippen molar-refractivity contribution in [1.29, 1.82) is 0 Å². The highest BCUT2D eigenvalue weighted by Gasteiger charge is 2.18. The van der Waals surface area contributed by atoms with E-state index in [-0.39, 0.29) is 23.9 Å². The molecule has 0 fully saturated rings. The number of nitrogens with zero attached hydrogens (tertiary/aromatic N) is 4. The molecule has 0 unspecified atom stereocenters. The van der Waals surface area contributed by atoms with Gasteiger partial charge in [-0.25, -0.2) is 0 Å². The number of aromatic nitrogens is 1. The number of nitro groups is 1. The van der Waals surface area contributed by atoms with Gasteiger partial charge in [-0.05, 0) is 36.1 Å². The summed E-state index contributed by atoms with van der Waals surface area (Å²) in [5.74, 6) is 0.0183. The Morgan fingerprint density at radius 3 is 2.67 bits per heavy atom. The molecule has 30 heavy (non-hydrogen) atoms. The largest absolute Gasteiger partial charge is 0.493 e. The van der Waals surface area contributed by atoms with Crippen LogP contribution in [0, 0.1) is 17.0 Å². The molecule has 3 aromatic rings. The molecule has 2 aromatic carbocycles. The van der Waals surface area contributed by atoms with Gasteiger partial charge in [0, 0.05) is 24.6 Å². The molecule has 0 aliphatic heterocycles. The Morgan fingerprint density at radius 2 is 2.00 bits per heavy atom. The fourth-order valence-electron chi connectivity index (χ4n) is 3.02. The van der Waals surface area contributed by atoms with Crippen LogP contribution in [0.15, 0.2) is 46.6 Å². The van der Waals surface area contributed by atoms with Gasteiger partial charge in [-0.15, -0.1) is 10.2 Å². The summed E-state index contributed by atoms with van der Waals surface area (Å²) in [5.41, 5.74) is 2.34. The minimum atomic E-state index is -0.647. The van der Waals surface area contributed by atoms with E-state index in [0.717, 1.165) is 11.1 Å². The number of hydrogen-bond acceptors (Lipinski definition) is 6. The number of benzene rings is 2. The molecule has 3 rings (SSSR count). The van der Waals surface area contributed by atoms with Crippen molar-refractivity contribution < 1.29 is 19.6 Å². The van der Waals surface area contributed by atoms with E-state index in [2.05, 4.69) is 24.1 Å². The number of carbonyl (C=O) groups excluding carboxylic acids is 1. The van der Waals surface area contributed by atoms with Gasteiger partial charge in [0.1, 0.15) is 5.75 Å². The molecule has 0 saturated carbocycles. The summed E-state index contributed by atoms with van der Waals surface area (Å²) in [6.45, 7) is 5.69. The summed E-state index contributed by atoms with van der Waals surface area (Å²) in [4.78, 5) is 22.7. The lowest BCUT2D eigenvalue weighted by Gasteiger charge is -2.11. The summed E-state index contributed by atoms with van der Waals surface area (Å²) in [6.07, 6.45) is 0. The first-order valence-electron chi connectivity index (χ1n) is 9.32. The molecule has 1 amide bonds. The molecule has 1 heterocycles. The Morgan fingerprint density at radius 1 is 1.27 bits per heavy atom. The SMILES string of the molecule is Cc1ccc(C(C)C)cc1OCC(=O)N=Nc1c(O)n(C)c2ccc([N+](=O)[O-])cc12. The summed E-state index contributed by atoms with van der Waals surface area (Å²) in [7, 11) is 1.58. The zero-order chi connectivity index (χ0) is 22.0. The van der Waals surface area contributed by atoms with E-state index in [1.807, 2.05) is 25.1 Å². The third-order valence-electron chi connectivity index (χ3n) is 4.83. The van der Waals surface area contributed by atoms with Gasteiger partial charge in [0.2, 0.25) is 5.88 Å². The number of non-ortho nitro benzene ring substituents is 1. The summed E-state index contributed by atoms with van der Waals surface area (Å²) < 4.78 is 7.00. The lowest BCUT2D eigenvalue weighted by atomic mass is 10.0. The lowest BCUT2D eigenvalue weighted by molar-refractivity contribution is -0.384. The van der Waals surface area contributed by atoms with Crippen LogP contribution in [0.25, 0.3) is 10.9 Å². The highest BCUT2D eigenvalue weighted by Crippen LogP contribution is 2.39.